The second-order valence-electron chi connectivity index (χ2n) is 3.23. The molecule has 5 nitrogen and oxygen atoms in total. The first-order valence-electron chi connectivity index (χ1n) is 4.47. The number of carbonyl (C=O) groups excluding carboxylic acids is 1. The van der Waals surface area contributed by atoms with E-state index >= 15 is 0 Å². The third-order valence-corrected chi connectivity index (χ3v) is 2.15. The van der Waals surface area contributed by atoms with Crippen molar-refractivity contribution in [2.24, 2.45) is 10.8 Å². The van der Waals surface area contributed by atoms with Gasteiger partial charge in [-0.3, -0.25) is 0 Å². The Morgan fingerprint density at radius 3 is 2.93 bits per heavy atom. The van der Waals surface area contributed by atoms with Crippen LogP contribution < -0.4 is 11.2 Å². The Kier molecular flexibility index (Phi) is 3.64. The molecule has 0 saturated heterocycles. The fraction of sp³-hybridized carbons (Fsp3) is 0.556. The molecule has 5 heteroatoms. The molecule has 1 aliphatic heterocycles. The van der Waals surface area contributed by atoms with E-state index in [1.165, 1.54) is 5.57 Å². The van der Waals surface area contributed by atoms with Gasteiger partial charge in [-0.2, -0.15) is 5.10 Å². The number of nitrogens with zero attached hydrogens (tertiary/aromatic N) is 1. The zero-order chi connectivity index (χ0) is 10.6. The molecule has 0 radical (unpaired) electrons. The van der Waals surface area contributed by atoms with Crippen LogP contribution in [0, 0.1) is 0 Å². The van der Waals surface area contributed by atoms with Crippen LogP contribution in [0.15, 0.2) is 16.2 Å². The van der Waals surface area contributed by atoms with Crippen LogP contribution in [0.2, 0.25) is 0 Å². The van der Waals surface area contributed by atoms with E-state index in [1.54, 1.807) is 0 Å². The number of hydrogen-bond donors (Lipinski definition) is 2. The molecule has 0 spiro atoms. The molecule has 0 aromatic rings. The van der Waals surface area contributed by atoms with E-state index in [0.717, 1.165) is 24.3 Å². The summed E-state index contributed by atoms with van der Waals surface area (Å²) < 4.78 is 5.30. The van der Waals surface area contributed by atoms with Crippen molar-refractivity contribution in [1.29, 1.82) is 0 Å². The average molecular weight is 197 g/mol. The molecule has 0 atom stereocenters. The molecule has 3 N–H and O–H groups in total. The van der Waals surface area contributed by atoms with E-state index in [4.69, 9.17) is 10.5 Å². The second kappa shape index (κ2) is 4.76. The Hall–Kier alpha value is -1.36. The summed E-state index contributed by atoms with van der Waals surface area (Å²) in [6.07, 6.45) is 0.915. The second-order valence-corrected chi connectivity index (χ2v) is 3.23. The van der Waals surface area contributed by atoms with Crippen molar-refractivity contribution in [1.82, 2.24) is 5.43 Å². The molecule has 0 bridgehead atoms. The first-order valence-corrected chi connectivity index (χ1v) is 4.47. The Balaban J connectivity index is 2.71. The monoisotopic (exact) mass is 197 g/mol. The highest BCUT2D eigenvalue weighted by atomic mass is 16.5. The molecule has 78 valence electrons. The first-order chi connectivity index (χ1) is 6.61. The Morgan fingerprint density at radius 2 is 2.36 bits per heavy atom. The SMILES string of the molecule is CC1=C(/C(C)=N/NC(N)=O)COCC1. The molecule has 1 heterocycles. The van der Waals surface area contributed by atoms with E-state index in [1.807, 2.05) is 13.8 Å². The Labute approximate surface area is 83.0 Å². The van der Waals surface area contributed by atoms with Gasteiger partial charge in [0.1, 0.15) is 0 Å². The molecular weight excluding hydrogens is 182 g/mol. The van der Waals surface area contributed by atoms with Gasteiger partial charge in [-0.05, 0) is 25.8 Å². The molecule has 2 amide bonds. The topological polar surface area (TPSA) is 76.7 Å². The minimum absolute atomic E-state index is 0.557. The van der Waals surface area contributed by atoms with Crippen molar-refractivity contribution in [2.45, 2.75) is 20.3 Å². The maximum atomic E-state index is 10.4. The van der Waals surface area contributed by atoms with Crippen molar-refractivity contribution in [2.75, 3.05) is 13.2 Å². The predicted molar refractivity (Wildman–Crippen MR) is 54.0 cm³/mol. The average Bonchev–Trinajstić information content (AvgIpc) is 2.15. The fourth-order valence-corrected chi connectivity index (χ4v) is 1.29. The number of rotatable bonds is 2. The van der Waals surface area contributed by atoms with Gasteiger partial charge in [-0.25, -0.2) is 10.2 Å². The summed E-state index contributed by atoms with van der Waals surface area (Å²) >= 11 is 0. The lowest BCUT2D eigenvalue weighted by Crippen LogP contribution is -2.26. The van der Waals surface area contributed by atoms with E-state index < -0.39 is 6.03 Å². The first kappa shape index (κ1) is 10.7. The summed E-state index contributed by atoms with van der Waals surface area (Å²) in [7, 11) is 0. The van der Waals surface area contributed by atoms with Gasteiger partial charge in [-0.1, -0.05) is 5.57 Å². The number of nitrogens with one attached hydrogen (secondary N) is 1. The van der Waals surface area contributed by atoms with Crippen LogP contribution in [-0.4, -0.2) is 25.0 Å². The van der Waals surface area contributed by atoms with Gasteiger partial charge in [0.15, 0.2) is 0 Å². The van der Waals surface area contributed by atoms with Gasteiger partial charge in [-0.15, -0.1) is 0 Å². The van der Waals surface area contributed by atoms with Crippen molar-refractivity contribution in [3.8, 4) is 0 Å². The zero-order valence-electron chi connectivity index (χ0n) is 8.46. The predicted octanol–water partition coefficient (Wildman–Crippen LogP) is 0.767. The molecule has 0 fully saturated rings. The number of hydrazone groups is 1. The Morgan fingerprint density at radius 1 is 1.64 bits per heavy atom. The van der Waals surface area contributed by atoms with Crippen LogP contribution in [-0.2, 0) is 4.74 Å². The summed E-state index contributed by atoms with van der Waals surface area (Å²) in [5.41, 5.74) is 10.2. The van der Waals surface area contributed by atoms with E-state index in [2.05, 4.69) is 10.5 Å². The standard InChI is InChI=1S/C9H15N3O2/c1-6-3-4-14-5-8(6)7(2)11-12-9(10)13/h3-5H2,1-2H3,(H3,10,12,13)/b11-7+. The van der Waals surface area contributed by atoms with E-state index in [9.17, 15) is 4.79 Å². The fourth-order valence-electron chi connectivity index (χ4n) is 1.29. The van der Waals surface area contributed by atoms with Gasteiger partial charge in [0.2, 0.25) is 0 Å². The van der Waals surface area contributed by atoms with Gasteiger partial charge in [0.25, 0.3) is 0 Å². The summed E-state index contributed by atoms with van der Waals surface area (Å²) in [5.74, 6) is 0. The highest BCUT2D eigenvalue weighted by molar-refractivity contribution is 5.99. The summed E-state index contributed by atoms with van der Waals surface area (Å²) in [4.78, 5) is 10.4. The van der Waals surface area contributed by atoms with Crippen molar-refractivity contribution in [3.63, 3.8) is 0 Å². The summed E-state index contributed by atoms with van der Waals surface area (Å²) in [6, 6.07) is -0.653. The summed E-state index contributed by atoms with van der Waals surface area (Å²) in [5, 5.41) is 3.85. The maximum absolute atomic E-state index is 10.4. The molecule has 0 aromatic heterocycles. The van der Waals surface area contributed by atoms with Crippen molar-refractivity contribution < 1.29 is 9.53 Å². The molecule has 0 saturated carbocycles. The van der Waals surface area contributed by atoms with E-state index in [-0.39, 0.29) is 0 Å². The number of urea groups is 1. The van der Waals surface area contributed by atoms with Gasteiger partial charge < -0.3 is 10.5 Å². The van der Waals surface area contributed by atoms with Crippen LogP contribution in [0.25, 0.3) is 0 Å². The number of nitrogens with two attached hydrogens (primary N) is 1. The highest BCUT2D eigenvalue weighted by Crippen LogP contribution is 2.15. The molecule has 1 rings (SSSR count). The minimum atomic E-state index is -0.653. The Bertz CT molecular complexity index is 294. The molecule has 0 aromatic carbocycles. The maximum Gasteiger partial charge on any atom is 0.332 e. The van der Waals surface area contributed by atoms with Crippen LogP contribution >= 0.6 is 0 Å². The molecular formula is C9H15N3O2. The lowest BCUT2D eigenvalue weighted by Gasteiger charge is -2.17. The number of ether oxygens (including phenoxy) is 1. The third kappa shape index (κ3) is 2.85. The number of hydrogen-bond acceptors (Lipinski definition) is 3. The van der Waals surface area contributed by atoms with Crippen LogP contribution in [0.5, 0.6) is 0 Å². The number of primary amides is 1. The van der Waals surface area contributed by atoms with Crippen LogP contribution in [0.4, 0.5) is 4.79 Å². The normalized spacial score (nSPS) is 18.3. The quantitative estimate of drug-likeness (QED) is 0.506. The van der Waals surface area contributed by atoms with E-state index in [0.29, 0.717) is 6.61 Å². The lowest BCUT2D eigenvalue weighted by molar-refractivity contribution is 0.150. The largest absolute Gasteiger partial charge is 0.376 e. The van der Waals surface area contributed by atoms with Crippen LogP contribution in [0.3, 0.4) is 0 Å². The zero-order valence-corrected chi connectivity index (χ0v) is 8.46. The third-order valence-electron chi connectivity index (χ3n) is 2.15. The highest BCUT2D eigenvalue weighted by Gasteiger charge is 2.11. The number of amides is 2. The minimum Gasteiger partial charge on any atom is -0.376 e. The van der Waals surface area contributed by atoms with Crippen molar-refractivity contribution >= 4 is 11.7 Å². The smallest absolute Gasteiger partial charge is 0.332 e. The summed E-state index contributed by atoms with van der Waals surface area (Å²) in [6.45, 7) is 5.18. The molecule has 0 unspecified atom stereocenters. The number of carbonyl (C=O) groups is 1. The van der Waals surface area contributed by atoms with Crippen LogP contribution in [0.1, 0.15) is 20.3 Å². The molecule has 14 heavy (non-hydrogen) atoms. The van der Waals surface area contributed by atoms with Gasteiger partial charge in [0, 0.05) is 0 Å². The lowest BCUT2D eigenvalue weighted by atomic mass is 10.0. The van der Waals surface area contributed by atoms with Gasteiger partial charge in [0.05, 0.1) is 18.9 Å². The molecule has 0 aliphatic carbocycles. The van der Waals surface area contributed by atoms with Crippen molar-refractivity contribution in [3.05, 3.63) is 11.1 Å². The molecule has 1 aliphatic rings. The van der Waals surface area contributed by atoms with Gasteiger partial charge >= 0.3 is 6.03 Å².